The lowest BCUT2D eigenvalue weighted by atomic mass is 9.92. The summed E-state index contributed by atoms with van der Waals surface area (Å²) in [6.07, 6.45) is -11.6. The normalized spacial score (nSPS) is 15.0. The van der Waals surface area contributed by atoms with Gasteiger partial charge in [0.15, 0.2) is 0 Å². The van der Waals surface area contributed by atoms with Gasteiger partial charge in [-0.1, -0.05) is 0 Å². The molecule has 0 aromatic rings. The third kappa shape index (κ3) is 5.83. The Morgan fingerprint density at radius 1 is 0.739 bits per heavy atom. The molecule has 23 heavy (non-hydrogen) atoms. The van der Waals surface area contributed by atoms with Gasteiger partial charge >= 0.3 is 12.3 Å². The van der Waals surface area contributed by atoms with Crippen LogP contribution >= 0.6 is 0 Å². The second kappa shape index (κ2) is 8.59. The van der Waals surface area contributed by atoms with Crippen LogP contribution in [-0.4, -0.2) is 60.7 Å². The molecule has 15 nitrogen and oxygen atoms in total. The van der Waals surface area contributed by atoms with Gasteiger partial charge in [-0.25, -0.2) is 0 Å². The Morgan fingerprint density at radius 2 is 1.00 bits per heavy atom. The number of rotatable bonds is 11. The average molecular weight is 340 g/mol. The van der Waals surface area contributed by atoms with Crippen LogP contribution in [-0.2, 0) is 4.79 Å². The largest absolute Gasteiger partial charge is 0.453 e. The molecule has 0 aromatic heterocycles. The molecule has 0 fully saturated rings. The molecule has 0 spiro atoms. The smallest absolute Gasteiger partial charge is 0.392 e. The first-order valence-corrected chi connectivity index (χ1v) is 5.88. The van der Waals surface area contributed by atoms with E-state index in [1.807, 2.05) is 0 Å². The topological polar surface area (TPSA) is 230 Å². The van der Waals surface area contributed by atoms with Crippen molar-refractivity contribution in [1.82, 2.24) is 0 Å². The number of hydrogen-bond acceptors (Lipinski definition) is 11. The van der Waals surface area contributed by atoms with Gasteiger partial charge in [-0.05, 0) is 0 Å². The van der Waals surface area contributed by atoms with E-state index in [-0.39, 0.29) is 6.29 Å². The van der Waals surface area contributed by atoms with Gasteiger partial charge in [0.1, 0.15) is 19.1 Å². The summed E-state index contributed by atoms with van der Waals surface area (Å²) in [6, 6.07) is 0. The van der Waals surface area contributed by atoms with Crippen molar-refractivity contribution in [2.45, 2.75) is 37.4 Å². The maximum absolute atomic E-state index is 10.8. The molecule has 0 amide bonds. The molecule has 0 saturated carbocycles. The lowest BCUT2D eigenvalue weighted by molar-refractivity contribution is -0.745. The third-order valence-electron chi connectivity index (χ3n) is 2.92. The number of aldehydes is 1. The van der Waals surface area contributed by atoms with Crippen LogP contribution in [0.3, 0.4) is 0 Å². The van der Waals surface area contributed by atoms with E-state index in [1.54, 1.807) is 0 Å². The summed E-state index contributed by atoms with van der Waals surface area (Å²) in [7, 11) is 0. The fourth-order valence-corrected chi connectivity index (χ4v) is 1.68. The van der Waals surface area contributed by atoms with Gasteiger partial charge in [0.25, 0.3) is 0 Å². The van der Waals surface area contributed by atoms with E-state index in [1.165, 1.54) is 0 Å². The Hall–Kier alpha value is -2.81. The van der Waals surface area contributed by atoms with E-state index in [9.17, 15) is 55.5 Å². The Kier molecular flexibility index (Phi) is 7.54. The summed E-state index contributed by atoms with van der Waals surface area (Å²) < 4.78 is 0. The van der Waals surface area contributed by atoms with E-state index in [4.69, 9.17) is 0 Å². The molecule has 15 heteroatoms. The van der Waals surface area contributed by atoms with Crippen molar-refractivity contribution in [3.8, 4) is 0 Å². The van der Waals surface area contributed by atoms with Gasteiger partial charge < -0.3 is 15.0 Å². The molecular weight excluding hydrogens is 328 g/mol. The molecule has 2 atom stereocenters. The van der Waals surface area contributed by atoms with Crippen LogP contribution in [0.2, 0.25) is 0 Å². The number of nitro groups is 4. The minimum atomic E-state index is -2.47. The summed E-state index contributed by atoms with van der Waals surface area (Å²) in [4.78, 5) is 47.2. The summed E-state index contributed by atoms with van der Waals surface area (Å²) in [5.41, 5.74) is 0. The highest BCUT2D eigenvalue weighted by atomic mass is 16.7. The van der Waals surface area contributed by atoms with Crippen LogP contribution in [0.25, 0.3) is 0 Å². The van der Waals surface area contributed by atoms with Crippen LogP contribution < -0.4 is 0 Å². The Labute approximate surface area is 126 Å². The van der Waals surface area contributed by atoms with E-state index in [0.29, 0.717) is 0 Å². The minimum Gasteiger partial charge on any atom is -0.392 e. The zero-order chi connectivity index (χ0) is 18.3. The van der Waals surface area contributed by atoms with Crippen LogP contribution in [0, 0.1) is 46.4 Å². The van der Waals surface area contributed by atoms with Gasteiger partial charge in [-0.2, -0.15) is 0 Å². The molecule has 0 aromatic carbocycles. The SMILES string of the molecule is O=CC(C(O)CC([N+](=O)[O-])[N+](=O)[O-])C(O)CC([N+](=O)[O-])[N+](=O)[O-]. The molecule has 0 aliphatic rings. The zero-order valence-electron chi connectivity index (χ0n) is 11.2. The van der Waals surface area contributed by atoms with Crippen LogP contribution in [0.5, 0.6) is 0 Å². The molecule has 0 bridgehead atoms. The fourth-order valence-electron chi connectivity index (χ4n) is 1.68. The van der Waals surface area contributed by atoms with E-state index >= 15 is 0 Å². The molecule has 2 unspecified atom stereocenters. The number of nitrogens with zero attached hydrogens (tertiary/aromatic N) is 4. The minimum absolute atomic E-state index is 0.136. The highest BCUT2D eigenvalue weighted by molar-refractivity contribution is 5.55. The Bertz CT molecular complexity index is 428. The van der Waals surface area contributed by atoms with Gasteiger partial charge in [0, 0.05) is 0 Å². The first-order valence-electron chi connectivity index (χ1n) is 5.88. The van der Waals surface area contributed by atoms with Crippen molar-refractivity contribution in [1.29, 1.82) is 0 Å². The van der Waals surface area contributed by atoms with Crippen molar-refractivity contribution in [2.24, 2.45) is 5.92 Å². The zero-order valence-corrected chi connectivity index (χ0v) is 11.2. The number of hydrogen-bond donors (Lipinski definition) is 2. The Balaban J connectivity index is 5.07. The fraction of sp³-hybridized carbons (Fsp3) is 0.875. The molecule has 0 aliphatic carbocycles. The van der Waals surface area contributed by atoms with E-state index < -0.39 is 63.0 Å². The van der Waals surface area contributed by atoms with Crippen molar-refractivity contribution in [3.63, 3.8) is 0 Å². The maximum atomic E-state index is 10.8. The predicted octanol–water partition coefficient (Wildman–Crippen LogP) is -1.94. The van der Waals surface area contributed by atoms with Crippen molar-refractivity contribution in [2.75, 3.05) is 0 Å². The number of aliphatic hydroxyl groups excluding tert-OH is 2. The summed E-state index contributed by atoms with van der Waals surface area (Å²) in [5, 5.41) is 60.9. The standard InChI is InChI=1S/C8H12N4O11/c13-3-4(5(14)1-7(9(16)17)10(18)19)6(15)2-8(11(20)21)12(22)23/h3-8,14-15H,1-2H2. The summed E-state index contributed by atoms with van der Waals surface area (Å²) >= 11 is 0. The van der Waals surface area contributed by atoms with Crippen LogP contribution in [0.15, 0.2) is 0 Å². The van der Waals surface area contributed by atoms with Gasteiger partial charge in [0.05, 0.1) is 37.8 Å². The molecule has 0 rings (SSSR count). The van der Waals surface area contributed by atoms with Gasteiger partial charge in [-0.15, -0.1) is 0 Å². The number of carbonyl (C=O) groups is 1. The molecule has 130 valence electrons. The average Bonchev–Trinajstić information content (AvgIpc) is 2.41. The lowest BCUT2D eigenvalue weighted by Crippen LogP contribution is -2.43. The molecule has 2 N–H and O–H groups in total. The lowest BCUT2D eigenvalue weighted by Gasteiger charge is -2.21. The first kappa shape index (κ1) is 20.2. The molecule has 0 radical (unpaired) electrons. The monoisotopic (exact) mass is 340 g/mol. The van der Waals surface area contributed by atoms with E-state index in [0.717, 1.165) is 0 Å². The second-order valence-corrected chi connectivity index (χ2v) is 4.42. The summed E-state index contributed by atoms with van der Waals surface area (Å²) in [6.45, 7) is 0. The van der Waals surface area contributed by atoms with Crippen LogP contribution in [0.4, 0.5) is 0 Å². The molecule has 0 saturated heterocycles. The quantitative estimate of drug-likeness (QED) is 0.182. The van der Waals surface area contributed by atoms with Crippen LogP contribution in [0.1, 0.15) is 12.8 Å². The highest BCUT2D eigenvalue weighted by Crippen LogP contribution is 2.18. The third-order valence-corrected chi connectivity index (χ3v) is 2.92. The maximum Gasteiger partial charge on any atom is 0.453 e. The number of carbonyl (C=O) groups excluding carboxylic acids is 1. The van der Waals surface area contributed by atoms with Crippen molar-refractivity contribution < 1.29 is 34.7 Å². The summed E-state index contributed by atoms with van der Waals surface area (Å²) in [5.74, 6) is -1.90. The predicted molar refractivity (Wildman–Crippen MR) is 66.4 cm³/mol. The molecular formula is C8H12N4O11. The first-order chi connectivity index (χ1) is 10.5. The van der Waals surface area contributed by atoms with Crippen molar-refractivity contribution >= 4 is 6.29 Å². The van der Waals surface area contributed by atoms with Crippen molar-refractivity contribution in [3.05, 3.63) is 40.5 Å². The second-order valence-electron chi connectivity index (χ2n) is 4.42. The molecule has 0 heterocycles. The number of aliphatic hydroxyl groups is 2. The van der Waals surface area contributed by atoms with Gasteiger partial charge in [-0.3, -0.25) is 40.5 Å². The highest BCUT2D eigenvalue weighted by Gasteiger charge is 2.43. The molecule has 0 aliphatic heterocycles. The van der Waals surface area contributed by atoms with E-state index in [2.05, 4.69) is 0 Å². The van der Waals surface area contributed by atoms with Gasteiger partial charge in [0.2, 0.25) is 0 Å². The Morgan fingerprint density at radius 3 is 1.17 bits per heavy atom.